The van der Waals surface area contributed by atoms with Crippen molar-refractivity contribution in [3.05, 3.63) is 23.6 Å². The molecule has 0 aromatic rings. The highest BCUT2D eigenvalue weighted by Gasteiger charge is 1.98. The molecule has 0 aromatic carbocycles. The number of nitrogens with zero attached hydrogens (tertiary/aromatic N) is 1. The van der Waals surface area contributed by atoms with Crippen LogP contribution in [0.25, 0.3) is 0 Å². The van der Waals surface area contributed by atoms with Gasteiger partial charge in [0.2, 0.25) is 0 Å². The van der Waals surface area contributed by atoms with E-state index in [0.29, 0.717) is 6.42 Å². The van der Waals surface area contributed by atoms with Crippen molar-refractivity contribution in [1.82, 2.24) is 0 Å². The van der Waals surface area contributed by atoms with Gasteiger partial charge in [0, 0.05) is 18.2 Å². The monoisotopic (exact) mass is 155 g/mol. The minimum Gasteiger partial charge on any atom is -0.508 e. The molecule has 0 saturated carbocycles. The summed E-state index contributed by atoms with van der Waals surface area (Å²) in [5.41, 5.74) is 0.788. The molecule has 54 valence electrons. The van der Waals surface area contributed by atoms with Gasteiger partial charge in [-0.3, -0.25) is 4.99 Å². The summed E-state index contributed by atoms with van der Waals surface area (Å²) in [6.07, 6.45) is 3.91. The summed E-state index contributed by atoms with van der Waals surface area (Å²) in [7, 11) is 0. The first kappa shape index (κ1) is 7.41. The van der Waals surface area contributed by atoms with Gasteiger partial charge in [0.25, 0.3) is 0 Å². The zero-order chi connectivity index (χ0) is 7.56. The lowest BCUT2D eigenvalue weighted by Crippen LogP contribution is -1.81. The molecule has 0 radical (unpaired) electrons. The Morgan fingerprint density at radius 3 is 3.10 bits per heavy atom. The van der Waals surface area contributed by atoms with Crippen LogP contribution in [0.2, 0.25) is 0 Å². The highest BCUT2D eigenvalue weighted by molar-refractivity contribution is 7.97. The molecule has 1 aliphatic heterocycles. The fourth-order valence-electron chi connectivity index (χ4n) is 0.750. The molecule has 10 heavy (non-hydrogen) atoms. The van der Waals surface area contributed by atoms with E-state index in [1.165, 1.54) is 0 Å². The number of thiol groups is 1. The first-order valence-corrected chi connectivity index (χ1v) is 3.47. The molecule has 0 amide bonds. The summed E-state index contributed by atoms with van der Waals surface area (Å²) >= 11 is 4.08. The molecule has 1 heterocycles. The van der Waals surface area contributed by atoms with Gasteiger partial charge in [0.15, 0.2) is 0 Å². The van der Waals surface area contributed by atoms with E-state index in [2.05, 4.69) is 17.6 Å². The molecule has 0 aromatic heterocycles. The topological polar surface area (TPSA) is 32.6 Å². The van der Waals surface area contributed by atoms with E-state index in [4.69, 9.17) is 5.11 Å². The Balaban J connectivity index is 2.90. The Kier molecular flexibility index (Phi) is 2.17. The highest BCUT2D eigenvalue weighted by Crippen LogP contribution is 2.10. The van der Waals surface area contributed by atoms with E-state index in [0.717, 1.165) is 10.7 Å². The van der Waals surface area contributed by atoms with Gasteiger partial charge in [-0.1, -0.05) is 0 Å². The summed E-state index contributed by atoms with van der Waals surface area (Å²) in [5, 5.41) is 9.79. The standard InChI is InChI=1S/C7H9NOS/c1-5-4-6(9)2-3-7(10)8-5/h2,4,9H,3H2,1H3,(H,8,10). The molecule has 0 spiro atoms. The van der Waals surface area contributed by atoms with Gasteiger partial charge in [-0.15, -0.1) is 12.6 Å². The Labute approximate surface area is 65.4 Å². The van der Waals surface area contributed by atoms with Gasteiger partial charge < -0.3 is 5.11 Å². The quantitative estimate of drug-likeness (QED) is 0.516. The molecule has 0 fully saturated rings. The molecule has 3 heteroatoms. The van der Waals surface area contributed by atoms with E-state index in [1.807, 2.05) is 6.92 Å². The summed E-state index contributed by atoms with van der Waals surface area (Å²) < 4.78 is 0. The molecule has 0 atom stereocenters. The fraction of sp³-hybridized carbons (Fsp3) is 0.286. The molecule has 2 nitrogen and oxygen atoms in total. The number of hydrogen-bond donors (Lipinski definition) is 2. The number of allylic oxidation sites excluding steroid dienone is 3. The summed E-state index contributed by atoms with van der Waals surface area (Å²) in [5.74, 6) is 0.269. The van der Waals surface area contributed by atoms with Gasteiger partial charge in [0.1, 0.15) is 5.76 Å². The summed E-state index contributed by atoms with van der Waals surface area (Å²) in [6, 6.07) is 0. The van der Waals surface area contributed by atoms with E-state index in [9.17, 15) is 0 Å². The van der Waals surface area contributed by atoms with Crippen LogP contribution >= 0.6 is 12.6 Å². The van der Waals surface area contributed by atoms with Crippen molar-refractivity contribution in [1.29, 1.82) is 0 Å². The minimum absolute atomic E-state index is 0.269. The van der Waals surface area contributed by atoms with Crippen LogP contribution in [0, 0.1) is 0 Å². The van der Waals surface area contributed by atoms with Crippen molar-refractivity contribution in [2.24, 2.45) is 4.99 Å². The third-order valence-corrected chi connectivity index (χ3v) is 1.44. The molecule has 0 unspecified atom stereocenters. The van der Waals surface area contributed by atoms with Gasteiger partial charge in [-0.25, -0.2) is 0 Å². The average Bonchev–Trinajstić information content (AvgIpc) is 1.93. The van der Waals surface area contributed by atoms with Crippen molar-refractivity contribution in [2.45, 2.75) is 13.3 Å². The lowest BCUT2D eigenvalue weighted by atomic mass is 10.3. The van der Waals surface area contributed by atoms with Crippen molar-refractivity contribution < 1.29 is 5.11 Å². The van der Waals surface area contributed by atoms with Crippen molar-refractivity contribution >= 4 is 17.7 Å². The smallest absolute Gasteiger partial charge is 0.113 e. The SMILES string of the molecule is CC1=CC(O)=CCC(S)=N1. The molecule has 0 aliphatic carbocycles. The Morgan fingerprint density at radius 2 is 2.40 bits per heavy atom. The van der Waals surface area contributed by atoms with E-state index < -0.39 is 0 Å². The lowest BCUT2D eigenvalue weighted by Gasteiger charge is -1.89. The maximum absolute atomic E-state index is 9.05. The fourth-order valence-corrected chi connectivity index (χ4v) is 0.999. The number of aliphatic imine (C=N–C) groups is 1. The van der Waals surface area contributed by atoms with Crippen molar-refractivity contribution in [2.75, 3.05) is 0 Å². The first-order valence-electron chi connectivity index (χ1n) is 3.02. The second-order valence-electron chi connectivity index (χ2n) is 2.15. The second-order valence-corrected chi connectivity index (χ2v) is 2.66. The zero-order valence-electron chi connectivity index (χ0n) is 5.70. The van der Waals surface area contributed by atoms with Crippen LogP contribution < -0.4 is 0 Å². The predicted molar refractivity (Wildman–Crippen MR) is 45.5 cm³/mol. The van der Waals surface area contributed by atoms with E-state index >= 15 is 0 Å². The van der Waals surface area contributed by atoms with E-state index in [1.54, 1.807) is 12.2 Å². The molecule has 0 bridgehead atoms. The van der Waals surface area contributed by atoms with Crippen molar-refractivity contribution in [3.63, 3.8) is 0 Å². The van der Waals surface area contributed by atoms with Crippen molar-refractivity contribution in [3.8, 4) is 0 Å². The zero-order valence-corrected chi connectivity index (χ0v) is 6.60. The first-order chi connectivity index (χ1) is 4.68. The van der Waals surface area contributed by atoms with Crippen LogP contribution in [0.5, 0.6) is 0 Å². The van der Waals surface area contributed by atoms with Crippen LogP contribution in [-0.4, -0.2) is 10.2 Å². The third kappa shape index (κ3) is 1.92. The van der Waals surface area contributed by atoms with Gasteiger partial charge >= 0.3 is 0 Å². The van der Waals surface area contributed by atoms with Gasteiger partial charge in [-0.2, -0.15) is 0 Å². The Hall–Kier alpha value is -0.700. The molecule has 1 N–H and O–H groups in total. The van der Waals surface area contributed by atoms with Gasteiger partial charge in [0.05, 0.1) is 5.04 Å². The van der Waals surface area contributed by atoms with Crippen LogP contribution in [0.15, 0.2) is 28.6 Å². The lowest BCUT2D eigenvalue weighted by molar-refractivity contribution is 0.430. The minimum atomic E-state index is 0.269. The van der Waals surface area contributed by atoms with E-state index in [-0.39, 0.29) is 5.76 Å². The Bertz CT molecular complexity index is 228. The normalized spacial score (nSPS) is 18.8. The Morgan fingerprint density at radius 1 is 1.70 bits per heavy atom. The molecule has 0 saturated heterocycles. The number of hydrogen-bond acceptors (Lipinski definition) is 2. The number of aliphatic hydroxyl groups excluding tert-OH is 1. The number of rotatable bonds is 0. The third-order valence-electron chi connectivity index (χ3n) is 1.16. The molecular formula is C7H9NOS. The number of aliphatic hydroxyl groups is 1. The van der Waals surface area contributed by atoms with Crippen LogP contribution in [0.1, 0.15) is 13.3 Å². The molecule has 1 aliphatic rings. The van der Waals surface area contributed by atoms with Gasteiger partial charge in [-0.05, 0) is 13.0 Å². The van der Waals surface area contributed by atoms with Crippen LogP contribution in [0.4, 0.5) is 0 Å². The molecular weight excluding hydrogens is 146 g/mol. The van der Waals surface area contributed by atoms with Crippen LogP contribution in [0.3, 0.4) is 0 Å². The maximum atomic E-state index is 9.05. The largest absolute Gasteiger partial charge is 0.508 e. The summed E-state index contributed by atoms with van der Waals surface area (Å²) in [6.45, 7) is 1.82. The predicted octanol–water partition coefficient (Wildman–Crippen LogP) is 2.06. The molecule has 1 rings (SSSR count). The average molecular weight is 155 g/mol. The maximum Gasteiger partial charge on any atom is 0.113 e. The summed E-state index contributed by atoms with van der Waals surface area (Å²) in [4.78, 5) is 4.06. The second kappa shape index (κ2) is 2.92. The van der Waals surface area contributed by atoms with Crippen LogP contribution in [-0.2, 0) is 0 Å². The highest BCUT2D eigenvalue weighted by atomic mass is 32.1.